The van der Waals surface area contributed by atoms with Crippen molar-refractivity contribution in [2.75, 3.05) is 0 Å². The average molecular weight is 306 g/mol. The first-order chi connectivity index (χ1) is 1.41. The minimum absolute atomic E-state index is 0. The molecule has 0 aromatic carbocycles. The molecule has 0 amide bonds. The standard InChI is InChI=1S/C2H5.2BrH.In/c1-2;;;/h1H2,2H3;2*1H;. The summed E-state index contributed by atoms with van der Waals surface area (Å²) >= 11 is 1.42. The molecule has 0 heterocycles. The first-order valence-electron chi connectivity index (χ1n) is 1.12. The molecule has 0 saturated heterocycles. The van der Waals surface area contributed by atoms with Gasteiger partial charge in [-0.25, -0.2) is 0 Å². The Morgan fingerprint density at radius 1 is 1.40 bits per heavy atom. The minimum atomic E-state index is 0. The maximum absolute atomic E-state index is 2.18. The third-order valence-electron chi connectivity index (χ3n) is 0. The van der Waals surface area contributed by atoms with Gasteiger partial charge in [0.25, 0.3) is 0 Å². The zero-order chi connectivity index (χ0) is 2.71. The van der Waals surface area contributed by atoms with Crippen molar-refractivity contribution in [2.24, 2.45) is 0 Å². The maximum atomic E-state index is 2.18. The van der Waals surface area contributed by atoms with Gasteiger partial charge in [-0.2, -0.15) is 0 Å². The Labute approximate surface area is 68.8 Å². The topological polar surface area (TPSA) is 0 Å². The molecule has 0 aliphatic heterocycles. The third kappa shape index (κ3) is 25.5. The van der Waals surface area contributed by atoms with Crippen molar-refractivity contribution in [1.29, 1.82) is 0 Å². The van der Waals surface area contributed by atoms with E-state index in [-0.39, 0.29) is 34.0 Å². The average Bonchev–Trinajstić information content (AvgIpc) is 0.918. The molecule has 0 nitrogen and oxygen atoms in total. The summed E-state index contributed by atoms with van der Waals surface area (Å²) in [6.07, 6.45) is 0. The number of hydrogen-bond donors (Lipinski definition) is 0. The number of rotatable bonds is 0. The predicted octanol–water partition coefficient (Wildman–Crippen LogP) is 1.75. The monoisotopic (exact) mass is 304 g/mol. The predicted molar refractivity (Wildman–Crippen MR) is 36.9 cm³/mol. The summed E-state index contributed by atoms with van der Waals surface area (Å²) in [6.45, 7) is 2.18. The van der Waals surface area contributed by atoms with Gasteiger partial charge in [0.1, 0.15) is 0 Å². The summed E-state index contributed by atoms with van der Waals surface area (Å²) < 4.78 is 1.38. The fourth-order valence-corrected chi connectivity index (χ4v) is 0. The number of halogens is 2. The van der Waals surface area contributed by atoms with E-state index in [4.69, 9.17) is 0 Å². The second-order valence-corrected chi connectivity index (χ2v) is 2.74. The summed E-state index contributed by atoms with van der Waals surface area (Å²) in [4.78, 5) is 0. The van der Waals surface area contributed by atoms with Crippen LogP contribution in [0.1, 0.15) is 6.92 Å². The summed E-state index contributed by atoms with van der Waals surface area (Å²) in [6, 6.07) is 0. The molecule has 0 aromatic rings. The first-order valence-corrected chi connectivity index (χ1v) is 3.45. The molecule has 0 N–H and O–H groups in total. The van der Waals surface area contributed by atoms with Crippen molar-refractivity contribution in [3.63, 3.8) is 0 Å². The van der Waals surface area contributed by atoms with Crippen LogP contribution in [0.3, 0.4) is 0 Å². The van der Waals surface area contributed by atoms with Crippen LogP contribution in [0.15, 0.2) is 0 Å². The van der Waals surface area contributed by atoms with E-state index in [9.17, 15) is 0 Å². The Morgan fingerprint density at radius 2 is 1.40 bits per heavy atom. The van der Waals surface area contributed by atoms with E-state index in [0.717, 1.165) is 0 Å². The third-order valence-corrected chi connectivity index (χ3v) is 0. The molecule has 3 heteroatoms. The van der Waals surface area contributed by atoms with Crippen molar-refractivity contribution in [3.8, 4) is 0 Å². The molecule has 0 atom stereocenters. The van der Waals surface area contributed by atoms with Crippen molar-refractivity contribution < 1.29 is 0 Å². The second kappa shape index (κ2) is 17.0. The van der Waals surface area contributed by atoms with Crippen LogP contribution in [0.2, 0.25) is 4.18 Å². The molecule has 0 aromatic heterocycles. The molecule has 5 heavy (non-hydrogen) atoms. The van der Waals surface area contributed by atoms with Crippen molar-refractivity contribution >= 4 is 58.3 Å². The van der Waals surface area contributed by atoms with Crippen LogP contribution < -0.4 is 0 Å². The van der Waals surface area contributed by atoms with Gasteiger partial charge >= 0.3 is 35.5 Å². The molecular formula is C2H7Br2In. The van der Waals surface area contributed by atoms with Gasteiger partial charge in [-0.3, -0.25) is 0 Å². The quantitative estimate of drug-likeness (QED) is 0.640. The van der Waals surface area contributed by atoms with Crippen LogP contribution >= 0.6 is 34.0 Å². The van der Waals surface area contributed by atoms with Crippen LogP contribution in [-0.4, -0.2) is 24.4 Å². The molecule has 0 fully saturated rings. The van der Waals surface area contributed by atoms with Gasteiger partial charge in [0, 0.05) is 0 Å². The molecule has 0 unspecified atom stereocenters. The van der Waals surface area contributed by atoms with Crippen LogP contribution in [0, 0.1) is 0 Å². The molecule has 0 aliphatic carbocycles. The van der Waals surface area contributed by atoms with Crippen LogP contribution in [0.25, 0.3) is 0 Å². The second-order valence-electron chi connectivity index (χ2n) is 0.408. The van der Waals surface area contributed by atoms with Gasteiger partial charge < -0.3 is 0 Å². The van der Waals surface area contributed by atoms with E-state index >= 15 is 0 Å². The summed E-state index contributed by atoms with van der Waals surface area (Å²) in [7, 11) is 0. The van der Waals surface area contributed by atoms with Gasteiger partial charge in [-0.1, -0.05) is 0 Å². The van der Waals surface area contributed by atoms with E-state index in [1.807, 2.05) is 0 Å². The summed E-state index contributed by atoms with van der Waals surface area (Å²) in [5.74, 6) is 0. The fourth-order valence-electron chi connectivity index (χ4n) is 0. The van der Waals surface area contributed by atoms with Gasteiger partial charge in [-0.05, 0) is 0 Å². The Kier molecular flexibility index (Phi) is 53.7. The molecular weight excluding hydrogens is 299 g/mol. The van der Waals surface area contributed by atoms with Crippen molar-refractivity contribution in [3.05, 3.63) is 0 Å². The summed E-state index contributed by atoms with van der Waals surface area (Å²) in [5.41, 5.74) is 0. The SMILES string of the molecule is Br.Br.C[CH2][In]. The molecule has 0 rings (SSSR count). The van der Waals surface area contributed by atoms with E-state index in [0.29, 0.717) is 0 Å². The van der Waals surface area contributed by atoms with Gasteiger partial charge in [0.05, 0.1) is 0 Å². The van der Waals surface area contributed by atoms with E-state index in [1.54, 1.807) is 0 Å². The Hall–Kier alpha value is 1.83. The Morgan fingerprint density at radius 3 is 1.40 bits per heavy atom. The Balaban J connectivity index is -0.0000000200. The number of hydrogen-bond acceptors (Lipinski definition) is 0. The van der Waals surface area contributed by atoms with E-state index in [2.05, 4.69) is 6.92 Å². The van der Waals surface area contributed by atoms with Crippen molar-refractivity contribution in [2.45, 2.75) is 11.1 Å². The van der Waals surface area contributed by atoms with E-state index < -0.39 is 0 Å². The molecule has 2 radical (unpaired) electrons. The molecule has 0 bridgehead atoms. The molecule has 0 aliphatic rings. The van der Waals surface area contributed by atoms with Gasteiger partial charge in [0.15, 0.2) is 0 Å². The zero-order valence-corrected chi connectivity index (χ0v) is 9.82. The summed E-state index contributed by atoms with van der Waals surface area (Å²) in [5, 5.41) is 0. The van der Waals surface area contributed by atoms with Gasteiger partial charge in [0.2, 0.25) is 0 Å². The van der Waals surface area contributed by atoms with Gasteiger partial charge in [-0.15, -0.1) is 34.0 Å². The Bertz CT molecular complexity index is 7.61. The van der Waals surface area contributed by atoms with Crippen molar-refractivity contribution in [1.82, 2.24) is 0 Å². The van der Waals surface area contributed by atoms with E-state index in [1.165, 1.54) is 28.6 Å². The van der Waals surface area contributed by atoms with Crippen LogP contribution in [0.5, 0.6) is 0 Å². The first kappa shape index (κ1) is 15.8. The molecule has 0 spiro atoms. The van der Waals surface area contributed by atoms with Crippen LogP contribution in [0.4, 0.5) is 0 Å². The normalized spacial score (nSPS) is 3.40. The van der Waals surface area contributed by atoms with Crippen LogP contribution in [-0.2, 0) is 0 Å². The fraction of sp³-hybridized carbons (Fsp3) is 1.00. The zero-order valence-electron chi connectivity index (χ0n) is 3.10. The molecule has 0 saturated carbocycles. The molecule has 32 valence electrons.